The number of ether oxygens (including phenoxy) is 1. The molecule has 3 aromatic carbocycles. The number of rotatable bonds is 7. The van der Waals surface area contributed by atoms with E-state index in [9.17, 15) is 4.79 Å². The second kappa shape index (κ2) is 9.28. The van der Waals surface area contributed by atoms with Crippen LogP contribution in [0.4, 0.5) is 5.69 Å². The highest BCUT2D eigenvalue weighted by atomic mass is 32.2. The zero-order valence-electron chi connectivity index (χ0n) is 16.4. The lowest BCUT2D eigenvalue weighted by atomic mass is 10.2. The van der Waals surface area contributed by atoms with Gasteiger partial charge >= 0.3 is 0 Å². The molecule has 4 rings (SSSR count). The molecule has 0 aliphatic rings. The fraction of sp³-hybridized carbons (Fsp3) is 0.0870. The van der Waals surface area contributed by atoms with E-state index in [0.29, 0.717) is 22.3 Å². The molecular weight excluding hydrogens is 396 g/mol. The highest BCUT2D eigenvalue weighted by molar-refractivity contribution is 7.99. The van der Waals surface area contributed by atoms with Gasteiger partial charge in [0, 0.05) is 5.69 Å². The van der Waals surface area contributed by atoms with Gasteiger partial charge in [-0.05, 0) is 43.3 Å². The molecule has 6 nitrogen and oxygen atoms in total. The maximum Gasteiger partial charge on any atom is 0.234 e. The molecule has 0 spiro atoms. The second-order valence-electron chi connectivity index (χ2n) is 6.57. The highest BCUT2D eigenvalue weighted by Crippen LogP contribution is 2.30. The number of hydrogen-bond donors (Lipinski definition) is 1. The van der Waals surface area contributed by atoms with Crippen LogP contribution < -0.4 is 10.1 Å². The third-order valence-corrected chi connectivity index (χ3v) is 5.24. The van der Waals surface area contributed by atoms with E-state index >= 15 is 0 Å². The molecule has 0 unspecified atom stereocenters. The van der Waals surface area contributed by atoms with E-state index in [1.807, 2.05) is 90.4 Å². The Morgan fingerprint density at radius 2 is 1.73 bits per heavy atom. The van der Waals surface area contributed by atoms with Gasteiger partial charge in [0.05, 0.1) is 11.4 Å². The average Bonchev–Trinajstić information content (AvgIpc) is 3.25. The standard InChI is InChI=1S/C23H20N4O2S/c1-17-11-13-19(14-12-17)29-21-10-6-5-9-20(21)25-22(28)15-30-23-26-24-16-27(23)18-7-3-2-4-8-18/h2-14,16H,15H2,1H3,(H,25,28). The van der Waals surface area contributed by atoms with Crippen LogP contribution in [-0.2, 0) is 4.79 Å². The molecule has 1 amide bonds. The Morgan fingerprint density at radius 3 is 2.53 bits per heavy atom. The van der Waals surface area contributed by atoms with E-state index in [4.69, 9.17) is 4.74 Å². The summed E-state index contributed by atoms with van der Waals surface area (Å²) in [6, 6.07) is 24.9. The number of carbonyl (C=O) groups is 1. The van der Waals surface area contributed by atoms with Crippen LogP contribution >= 0.6 is 11.8 Å². The van der Waals surface area contributed by atoms with Gasteiger partial charge in [0.15, 0.2) is 10.9 Å². The molecule has 0 aliphatic carbocycles. The molecule has 150 valence electrons. The maximum absolute atomic E-state index is 12.6. The fourth-order valence-electron chi connectivity index (χ4n) is 2.80. The summed E-state index contributed by atoms with van der Waals surface area (Å²) >= 11 is 1.32. The lowest BCUT2D eigenvalue weighted by Crippen LogP contribution is -2.15. The van der Waals surface area contributed by atoms with Gasteiger partial charge in [-0.2, -0.15) is 0 Å². The van der Waals surface area contributed by atoms with Gasteiger partial charge in [-0.1, -0.05) is 59.8 Å². The zero-order chi connectivity index (χ0) is 20.8. The number of nitrogens with zero attached hydrogens (tertiary/aromatic N) is 3. The third kappa shape index (κ3) is 4.87. The average molecular weight is 417 g/mol. The number of amides is 1. The van der Waals surface area contributed by atoms with Crippen molar-refractivity contribution in [3.63, 3.8) is 0 Å². The monoisotopic (exact) mass is 416 g/mol. The van der Waals surface area contributed by atoms with Crippen LogP contribution in [0.15, 0.2) is 90.3 Å². The summed E-state index contributed by atoms with van der Waals surface area (Å²) in [6.45, 7) is 2.02. The molecule has 0 aliphatic heterocycles. The predicted molar refractivity (Wildman–Crippen MR) is 118 cm³/mol. The molecule has 0 fully saturated rings. The molecule has 0 radical (unpaired) electrons. The SMILES string of the molecule is Cc1ccc(Oc2ccccc2NC(=O)CSc2nncn2-c2ccccc2)cc1. The van der Waals surface area contributed by atoms with E-state index in [-0.39, 0.29) is 11.7 Å². The first-order chi connectivity index (χ1) is 14.7. The van der Waals surface area contributed by atoms with Crippen molar-refractivity contribution in [1.29, 1.82) is 0 Å². The summed E-state index contributed by atoms with van der Waals surface area (Å²) in [6.07, 6.45) is 1.64. The Morgan fingerprint density at radius 1 is 1.00 bits per heavy atom. The molecular formula is C23H20N4O2S. The lowest BCUT2D eigenvalue weighted by molar-refractivity contribution is -0.113. The molecule has 7 heteroatoms. The van der Waals surface area contributed by atoms with E-state index in [1.165, 1.54) is 11.8 Å². The first-order valence-corrected chi connectivity index (χ1v) is 10.4. The number of aromatic nitrogens is 3. The topological polar surface area (TPSA) is 69.0 Å². The fourth-order valence-corrected chi connectivity index (χ4v) is 3.53. The first kappa shape index (κ1) is 19.7. The van der Waals surface area contributed by atoms with E-state index in [2.05, 4.69) is 15.5 Å². The van der Waals surface area contributed by atoms with E-state index < -0.39 is 0 Å². The number of anilines is 1. The highest BCUT2D eigenvalue weighted by Gasteiger charge is 2.12. The van der Waals surface area contributed by atoms with Crippen molar-refractivity contribution in [2.24, 2.45) is 0 Å². The maximum atomic E-state index is 12.6. The summed E-state index contributed by atoms with van der Waals surface area (Å²) in [5.74, 6) is 1.35. The van der Waals surface area contributed by atoms with Gasteiger partial charge in [-0.15, -0.1) is 10.2 Å². The van der Waals surface area contributed by atoms with Crippen LogP contribution in [0.5, 0.6) is 11.5 Å². The normalized spacial score (nSPS) is 10.6. The van der Waals surface area contributed by atoms with Gasteiger partial charge < -0.3 is 10.1 Å². The minimum atomic E-state index is -0.150. The third-order valence-electron chi connectivity index (χ3n) is 4.29. The number of hydrogen-bond acceptors (Lipinski definition) is 5. The van der Waals surface area contributed by atoms with Crippen molar-refractivity contribution in [2.45, 2.75) is 12.1 Å². The van der Waals surface area contributed by atoms with Crippen molar-refractivity contribution in [3.05, 3.63) is 90.8 Å². The van der Waals surface area contributed by atoms with Crippen molar-refractivity contribution < 1.29 is 9.53 Å². The summed E-state index contributed by atoms with van der Waals surface area (Å²) < 4.78 is 7.80. The Balaban J connectivity index is 1.41. The molecule has 1 aromatic heterocycles. The van der Waals surface area contributed by atoms with Crippen LogP contribution in [0.2, 0.25) is 0 Å². The van der Waals surface area contributed by atoms with Crippen LogP contribution in [0.3, 0.4) is 0 Å². The second-order valence-corrected chi connectivity index (χ2v) is 7.51. The van der Waals surface area contributed by atoms with Gasteiger partial charge in [-0.25, -0.2) is 0 Å². The molecule has 0 atom stereocenters. The Hall–Kier alpha value is -3.58. The Labute approximate surface area is 178 Å². The molecule has 0 saturated carbocycles. The summed E-state index contributed by atoms with van der Waals surface area (Å²) in [5.41, 5.74) is 2.72. The number of benzene rings is 3. The van der Waals surface area contributed by atoms with Crippen molar-refractivity contribution >= 4 is 23.4 Å². The molecule has 4 aromatic rings. The zero-order valence-corrected chi connectivity index (χ0v) is 17.2. The van der Waals surface area contributed by atoms with Gasteiger partial charge in [0.25, 0.3) is 0 Å². The van der Waals surface area contributed by atoms with Crippen LogP contribution in [0, 0.1) is 6.92 Å². The molecule has 0 saturated heterocycles. The minimum absolute atomic E-state index is 0.150. The number of para-hydroxylation sites is 3. The quantitative estimate of drug-likeness (QED) is 0.425. The summed E-state index contributed by atoms with van der Waals surface area (Å²) in [5, 5.41) is 11.7. The predicted octanol–water partition coefficient (Wildman–Crippen LogP) is 5.10. The largest absolute Gasteiger partial charge is 0.455 e. The molecule has 0 bridgehead atoms. The Kier molecular flexibility index (Phi) is 6.10. The van der Waals surface area contributed by atoms with Crippen molar-refractivity contribution in [2.75, 3.05) is 11.1 Å². The van der Waals surface area contributed by atoms with E-state index in [0.717, 1.165) is 11.3 Å². The van der Waals surface area contributed by atoms with Gasteiger partial charge in [0.1, 0.15) is 12.1 Å². The van der Waals surface area contributed by atoms with Gasteiger partial charge in [0.2, 0.25) is 5.91 Å². The van der Waals surface area contributed by atoms with Gasteiger partial charge in [-0.3, -0.25) is 9.36 Å². The van der Waals surface area contributed by atoms with E-state index in [1.54, 1.807) is 6.33 Å². The Bertz CT molecular complexity index is 1130. The number of thioether (sulfide) groups is 1. The number of carbonyl (C=O) groups excluding carboxylic acids is 1. The molecule has 30 heavy (non-hydrogen) atoms. The number of aryl methyl sites for hydroxylation is 1. The van der Waals surface area contributed by atoms with Crippen LogP contribution in [-0.4, -0.2) is 26.4 Å². The number of nitrogens with one attached hydrogen (secondary N) is 1. The molecule has 1 N–H and O–H groups in total. The molecule has 1 heterocycles. The smallest absolute Gasteiger partial charge is 0.234 e. The summed E-state index contributed by atoms with van der Waals surface area (Å²) in [4.78, 5) is 12.6. The van der Waals surface area contributed by atoms with Crippen LogP contribution in [0.25, 0.3) is 5.69 Å². The van der Waals surface area contributed by atoms with Crippen LogP contribution in [0.1, 0.15) is 5.56 Å². The first-order valence-electron chi connectivity index (χ1n) is 9.41. The minimum Gasteiger partial charge on any atom is -0.455 e. The summed E-state index contributed by atoms with van der Waals surface area (Å²) in [7, 11) is 0. The van der Waals surface area contributed by atoms with Crippen molar-refractivity contribution in [3.8, 4) is 17.2 Å². The van der Waals surface area contributed by atoms with Crippen molar-refractivity contribution in [1.82, 2.24) is 14.8 Å². The lowest BCUT2D eigenvalue weighted by Gasteiger charge is -2.12.